The Labute approximate surface area is 189 Å². The molecule has 0 radical (unpaired) electrons. The van der Waals surface area contributed by atoms with Crippen LogP contribution in [0.4, 0.5) is 0 Å². The van der Waals surface area contributed by atoms with E-state index >= 15 is 0 Å². The van der Waals surface area contributed by atoms with Gasteiger partial charge in [-0.2, -0.15) is 0 Å². The maximum atomic E-state index is 6.14. The molecule has 0 saturated heterocycles. The maximum absolute atomic E-state index is 6.14. The van der Waals surface area contributed by atoms with Crippen molar-refractivity contribution in [1.82, 2.24) is 0 Å². The summed E-state index contributed by atoms with van der Waals surface area (Å²) in [6.07, 6.45) is 0. The molecule has 0 fully saturated rings. The van der Waals surface area contributed by atoms with Crippen LogP contribution in [0.1, 0.15) is 11.1 Å². The van der Waals surface area contributed by atoms with Gasteiger partial charge < -0.3 is 0 Å². The lowest BCUT2D eigenvalue weighted by Crippen LogP contribution is -2.16. The molecule has 29 heavy (non-hydrogen) atoms. The Morgan fingerprint density at radius 3 is 1.28 bits per heavy atom. The Kier molecular flexibility index (Phi) is 5.13. The van der Waals surface area contributed by atoms with E-state index < -0.39 is 0 Å². The van der Waals surface area contributed by atoms with E-state index in [2.05, 4.69) is 72.8 Å². The van der Waals surface area contributed by atoms with E-state index in [1.165, 1.54) is 32.0 Å². The van der Waals surface area contributed by atoms with Crippen molar-refractivity contribution in [2.75, 3.05) is 0 Å². The molecule has 4 aromatic rings. The highest BCUT2D eigenvalue weighted by molar-refractivity contribution is 8.17. The molecule has 0 spiro atoms. The summed E-state index contributed by atoms with van der Waals surface area (Å²) in [6, 6.07) is 33.7. The van der Waals surface area contributed by atoms with Crippen molar-refractivity contribution in [3.63, 3.8) is 0 Å². The van der Waals surface area contributed by atoms with Gasteiger partial charge in [0.15, 0.2) is 0 Å². The first-order chi connectivity index (χ1) is 14.2. The second-order valence-corrected chi connectivity index (χ2v) is 10.5. The first-order valence-corrected chi connectivity index (χ1v) is 11.6. The van der Waals surface area contributed by atoms with Crippen molar-refractivity contribution < 1.29 is 0 Å². The third-order valence-corrected chi connectivity index (χ3v) is 8.48. The molecule has 0 bridgehead atoms. The fraction of sp³-hybridized carbons (Fsp3) is 0.0400. The van der Waals surface area contributed by atoms with Gasteiger partial charge in [-0.15, -0.1) is 0 Å². The third-order valence-electron chi connectivity index (χ3n) is 5.00. The second-order valence-electron chi connectivity index (χ2n) is 6.82. The first-order valence-electron chi connectivity index (χ1n) is 9.24. The fourth-order valence-electron chi connectivity index (χ4n) is 3.73. The Morgan fingerprint density at radius 1 is 0.483 bits per heavy atom. The van der Waals surface area contributed by atoms with E-state index in [1.807, 2.05) is 47.8 Å². The summed E-state index contributed by atoms with van der Waals surface area (Å²) in [5.74, 6) is 0. The van der Waals surface area contributed by atoms with Crippen molar-refractivity contribution >= 4 is 46.7 Å². The highest BCUT2D eigenvalue weighted by atomic mass is 35.5. The number of hydrogen-bond donors (Lipinski definition) is 0. The van der Waals surface area contributed by atoms with Crippen LogP contribution in [0.5, 0.6) is 0 Å². The third kappa shape index (κ3) is 3.49. The summed E-state index contributed by atoms with van der Waals surface area (Å²) >= 11 is 16.0. The molecule has 1 aliphatic rings. The van der Waals surface area contributed by atoms with Gasteiger partial charge in [0.1, 0.15) is 4.08 Å². The molecule has 0 saturated carbocycles. The van der Waals surface area contributed by atoms with Crippen molar-refractivity contribution in [1.29, 1.82) is 0 Å². The Hall–Kier alpha value is -1.84. The van der Waals surface area contributed by atoms with Gasteiger partial charge in [-0.3, -0.25) is 0 Å². The van der Waals surface area contributed by atoms with E-state index in [-0.39, 0.29) is 4.08 Å². The first kappa shape index (κ1) is 19.1. The van der Waals surface area contributed by atoms with Crippen LogP contribution in [-0.4, -0.2) is 0 Å². The monoisotopic (exact) mass is 450 g/mol. The van der Waals surface area contributed by atoms with Crippen LogP contribution in [0.15, 0.2) is 107 Å². The summed E-state index contributed by atoms with van der Waals surface area (Å²) < 4.78 is -0.297. The minimum Gasteiger partial charge on any atom is -0.0981 e. The van der Waals surface area contributed by atoms with Crippen LogP contribution in [0.25, 0.3) is 11.1 Å². The van der Waals surface area contributed by atoms with Gasteiger partial charge in [0.05, 0.1) is 0 Å². The van der Waals surface area contributed by atoms with Gasteiger partial charge in [0.25, 0.3) is 0 Å². The van der Waals surface area contributed by atoms with E-state index in [1.54, 1.807) is 0 Å². The summed E-state index contributed by atoms with van der Waals surface area (Å²) in [7, 11) is 0. The number of fused-ring (bicyclic) bond motifs is 3. The van der Waals surface area contributed by atoms with Crippen LogP contribution < -0.4 is 0 Å². The number of hydrogen-bond acceptors (Lipinski definition) is 2. The number of halogens is 2. The lowest BCUT2D eigenvalue weighted by atomic mass is 10.1. The SMILES string of the molecule is Clc1ccc(SC2(Sc3ccc(Cl)cc3)c3ccccc3-c3ccccc32)cc1. The van der Waals surface area contributed by atoms with Crippen LogP contribution in [0.2, 0.25) is 10.0 Å². The molecule has 142 valence electrons. The Morgan fingerprint density at radius 2 is 0.862 bits per heavy atom. The highest BCUT2D eigenvalue weighted by Crippen LogP contribution is 2.64. The lowest BCUT2D eigenvalue weighted by Gasteiger charge is -2.31. The molecule has 0 nitrogen and oxygen atoms in total. The van der Waals surface area contributed by atoms with Gasteiger partial charge in [-0.05, 0) is 70.8 Å². The molecule has 4 aromatic carbocycles. The smallest absolute Gasteiger partial charge is 0.0981 e. The second kappa shape index (κ2) is 7.77. The lowest BCUT2D eigenvalue weighted by molar-refractivity contribution is 1.11. The molecule has 4 heteroatoms. The van der Waals surface area contributed by atoms with Gasteiger partial charge in [-0.1, -0.05) is 95.3 Å². The normalized spacial score (nSPS) is 13.7. The standard InChI is InChI=1S/C25H16Cl2S2/c26-17-9-13-19(14-10-17)28-25(29-20-15-11-18(27)12-16-20)23-7-3-1-5-21(23)22-6-2-4-8-24(22)25/h1-16H. The van der Waals surface area contributed by atoms with E-state index in [9.17, 15) is 0 Å². The summed E-state index contributed by atoms with van der Waals surface area (Å²) in [6.45, 7) is 0. The summed E-state index contributed by atoms with van der Waals surface area (Å²) in [4.78, 5) is 2.37. The highest BCUT2D eigenvalue weighted by Gasteiger charge is 2.45. The predicted molar refractivity (Wildman–Crippen MR) is 127 cm³/mol. The fourth-order valence-corrected chi connectivity index (χ4v) is 7.09. The molecule has 0 atom stereocenters. The van der Waals surface area contributed by atoms with Gasteiger partial charge in [-0.25, -0.2) is 0 Å². The van der Waals surface area contributed by atoms with E-state index in [0.29, 0.717) is 0 Å². The van der Waals surface area contributed by atoms with Gasteiger partial charge in [0.2, 0.25) is 0 Å². The predicted octanol–water partition coefficient (Wildman–Crippen LogP) is 8.76. The molecule has 0 aliphatic heterocycles. The zero-order valence-corrected chi connectivity index (χ0v) is 18.5. The maximum Gasteiger partial charge on any atom is 0.121 e. The molecule has 1 aliphatic carbocycles. The van der Waals surface area contributed by atoms with Crippen molar-refractivity contribution in [2.24, 2.45) is 0 Å². The minimum absolute atomic E-state index is 0.297. The number of benzene rings is 4. The Balaban J connectivity index is 1.71. The average molecular weight is 451 g/mol. The quantitative estimate of drug-likeness (QED) is 0.285. The zero-order chi connectivity index (χ0) is 19.8. The summed E-state index contributed by atoms with van der Waals surface area (Å²) in [5, 5.41) is 1.50. The van der Waals surface area contributed by atoms with Crippen LogP contribution in [0, 0.1) is 0 Å². The molecule has 0 amide bonds. The molecular weight excluding hydrogens is 435 g/mol. The topological polar surface area (TPSA) is 0 Å². The minimum atomic E-state index is -0.297. The van der Waals surface area contributed by atoms with E-state index in [4.69, 9.17) is 23.2 Å². The van der Waals surface area contributed by atoms with Crippen LogP contribution >= 0.6 is 46.7 Å². The largest absolute Gasteiger partial charge is 0.121 e. The molecule has 0 heterocycles. The number of rotatable bonds is 4. The van der Waals surface area contributed by atoms with Crippen molar-refractivity contribution in [3.8, 4) is 11.1 Å². The molecule has 5 rings (SSSR count). The van der Waals surface area contributed by atoms with Gasteiger partial charge >= 0.3 is 0 Å². The van der Waals surface area contributed by atoms with E-state index in [0.717, 1.165) is 10.0 Å². The van der Waals surface area contributed by atoms with Crippen molar-refractivity contribution in [3.05, 3.63) is 118 Å². The zero-order valence-electron chi connectivity index (χ0n) is 15.3. The van der Waals surface area contributed by atoms with Crippen molar-refractivity contribution in [2.45, 2.75) is 13.9 Å². The van der Waals surface area contributed by atoms with Crippen LogP contribution in [0.3, 0.4) is 0 Å². The molecule has 0 N–H and O–H groups in total. The van der Waals surface area contributed by atoms with Crippen LogP contribution in [-0.2, 0) is 4.08 Å². The number of thioether (sulfide) groups is 2. The Bertz CT molecular complexity index is 1070. The molecule has 0 aromatic heterocycles. The summed E-state index contributed by atoms with van der Waals surface area (Å²) in [5.41, 5.74) is 5.24. The van der Waals surface area contributed by atoms with Gasteiger partial charge in [0, 0.05) is 19.8 Å². The molecule has 0 unspecified atom stereocenters. The average Bonchev–Trinajstić information content (AvgIpc) is 3.02. The molecular formula is C25H16Cl2S2.